The Kier molecular flexibility index (Phi) is 5.02. The molecule has 2 aromatic rings. The minimum absolute atomic E-state index is 0.0273. The van der Waals surface area contributed by atoms with Gasteiger partial charge in [-0.05, 0) is 44.0 Å². The second kappa shape index (κ2) is 6.76. The zero-order chi connectivity index (χ0) is 15.4. The Morgan fingerprint density at radius 1 is 1.29 bits per heavy atom. The molecule has 0 bridgehead atoms. The molecule has 0 aliphatic heterocycles. The number of carbonyl (C=O) groups excluding carboxylic acids is 1. The highest BCUT2D eigenvalue weighted by Gasteiger charge is 2.13. The van der Waals surface area contributed by atoms with Gasteiger partial charge in [-0.15, -0.1) is 11.3 Å². The largest absolute Gasteiger partial charge is 0.378 e. The lowest BCUT2D eigenvalue weighted by atomic mass is 10.1. The topological polar surface area (TPSA) is 41.1 Å². The minimum Gasteiger partial charge on any atom is -0.378 e. The number of hydrogen-bond acceptors (Lipinski definition) is 3. The number of likely N-dealkylation sites (N-methyl/N-ethyl adjacent to an activating group) is 1. The first kappa shape index (κ1) is 15.6. The summed E-state index contributed by atoms with van der Waals surface area (Å²) in [6, 6.07) is 10.4. The molecule has 112 valence electrons. The van der Waals surface area contributed by atoms with Crippen molar-refractivity contribution >= 4 is 22.9 Å². The lowest BCUT2D eigenvalue weighted by Crippen LogP contribution is -2.21. The summed E-state index contributed by atoms with van der Waals surface area (Å²) in [7, 11) is 1.67. The normalized spacial score (nSPS) is 12.0. The number of aryl methyl sites for hydroxylation is 2. The first-order valence-electron chi connectivity index (χ1n) is 7.13. The van der Waals surface area contributed by atoms with Gasteiger partial charge in [0.2, 0.25) is 5.91 Å². The Morgan fingerprint density at radius 3 is 2.62 bits per heavy atom. The first-order chi connectivity index (χ1) is 10.0. The molecule has 3 nitrogen and oxygen atoms in total. The number of nitrogens with one attached hydrogen (secondary N) is 2. The van der Waals surface area contributed by atoms with E-state index in [2.05, 4.69) is 37.5 Å². The second-order valence-corrected chi connectivity index (χ2v) is 6.70. The number of rotatable bonds is 5. The predicted octanol–water partition coefficient (Wildman–Crippen LogP) is 3.83. The second-order valence-electron chi connectivity index (χ2n) is 5.24. The van der Waals surface area contributed by atoms with Gasteiger partial charge in [-0.3, -0.25) is 4.79 Å². The lowest BCUT2D eigenvalue weighted by Gasteiger charge is -2.18. The van der Waals surface area contributed by atoms with Crippen LogP contribution in [-0.2, 0) is 11.2 Å². The molecule has 1 aromatic carbocycles. The number of amides is 1. The number of carbonyl (C=O) groups is 1. The van der Waals surface area contributed by atoms with Crippen LogP contribution in [0.3, 0.4) is 0 Å². The Bertz CT molecular complexity index is 633. The molecule has 4 heteroatoms. The van der Waals surface area contributed by atoms with E-state index in [4.69, 9.17) is 0 Å². The van der Waals surface area contributed by atoms with Crippen molar-refractivity contribution in [2.75, 3.05) is 12.4 Å². The first-order valence-corrected chi connectivity index (χ1v) is 7.95. The number of thiophene rings is 1. The van der Waals surface area contributed by atoms with Crippen molar-refractivity contribution in [1.29, 1.82) is 0 Å². The van der Waals surface area contributed by atoms with Crippen LogP contribution in [0.1, 0.15) is 33.8 Å². The summed E-state index contributed by atoms with van der Waals surface area (Å²) in [6.45, 7) is 6.44. The molecule has 0 aliphatic rings. The molecule has 1 aromatic heterocycles. The smallest absolute Gasteiger partial charge is 0.224 e. The molecule has 1 atom stereocenters. The van der Waals surface area contributed by atoms with Gasteiger partial charge in [-0.1, -0.05) is 18.2 Å². The molecule has 1 heterocycles. The van der Waals surface area contributed by atoms with Crippen LogP contribution in [0.2, 0.25) is 0 Å². The maximum atomic E-state index is 11.6. The van der Waals surface area contributed by atoms with Crippen molar-refractivity contribution in [2.24, 2.45) is 0 Å². The quantitative estimate of drug-likeness (QED) is 0.881. The predicted molar refractivity (Wildman–Crippen MR) is 90.0 cm³/mol. The Morgan fingerprint density at radius 2 is 2.00 bits per heavy atom. The van der Waals surface area contributed by atoms with Crippen LogP contribution in [0.4, 0.5) is 5.69 Å². The van der Waals surface area contributed by atoms with E-state index in [9.17, 15) is 4.79 Å². The van der Waals surface area contributed by atoms with Gasteiger partial charge in [0, 0.05) is 28.5 Å². The van der Waals surface area contributed by atoms with E-state index in [0.717, 1.165) is 11.3 Å². The van der Waals surface area contributed by atoms with E-state index < -0.39 is 0 Å². The molecule has 0 fully saturated rings. The molecule has 0 saturated heterocycles. The van der Waals surface area contributed by atoms with Crippen molar-refractivity contribution < 1.29 is 4.79 Å². The highest BCUT2D eigenvalue weighted by molar-refractivity contribution is 7.12. The Balaban J connectivity index is 2.19. The fourth-order valence-electron chi connectivity index (χ4n) is 2.47. The zero-order valence-electron chi connectivity index (χ0n) is 13.0. The molecule has 1 unspecified atom stereocenters. The highest BCUT2D eigenvalue weighted by atomic mass is 32.1. The van der Waals surface area contributed by atoms with Crippen LogP contribution in [0, 0.1) is 13.8 Å². The molecular weight excluding hydrogens is 280 g/mol. The average molecular weight is 302 g/mol. The fourth-order valence-corrected chi connectivity index (χ4v) is 3.49. The Hall–Kier alpha value is -1.81. The van der Waals surface area contributed by atoms with Crippen LogP contribution >= 0.6 is 11.3 Å². The van der Waals surface area contributed by atoms with Gasteiger partial charge in [0.25, 0.3) is 0 Å². The van der Waals surface area contributed by atoms with Gasteiger partial charge in [0.1, 0.15) is 0 Å². The van der Waals surface area contributed by atoms with Crippen molar-refractivity contribution in [2.45, 2.75) is 33.2 Å². The molecule has 2 N–H and O–H groups in total. The number of para-hydroxylation sites is 1. The third-order valence-electron chi connectivity index (χ3n) is 3.57. The summed E-state index contributed by atoms with van der Waals surface area (Å²) in [4.78, 5) is 14.3. The van der Waals surface area contributed by atoms with E-state index in [1.807, 2.05) is 35.6 Å². The van der Waals surface area contributed by atoms with Crippen LogP contribution in [-0.4, -0.2) is 13.0 Å². The summed E-state index contributed by atoms with van der Waals surface area (Å²) in [5, 5.41) is 6.21. The maximum absolute atomic E-state index is 11.6. The van der Waals surface area contributed by atoms with Gasteiger partial charge >= 0.3 is 0 Å². The molecule has 21 heavy (non-hydrogen) atoms. The number of hydrogen-bond donors (Lipinski definition) is 2. The lowest BCUT2D eigenvalue weighted by molar-refractivity contribution is -0.119. The van der Waals surface area contributed by atoms with Gasteiger partial charge < -0.3 is 10.6 Å². The molecule has 0 spiro atoms. The minimum atomic E-state index is 0.0273. The van der Waals surface area contributed by atoms with Gasteiger partial charge in [0.05, 0.1) is 6.42 Å². The molecule has 1 amide bonds. The molecule has 2 rings (SSSR count). The van der Waals surface area contributed by atoms with E-state index in [-0.39, 0.29) is 11.9 Å². The molecule has 0 radical (unpaired) electrons. The number of anilines is 1. The highest BCUT2D eigenvalue weighted by Crippen LogP contribution is 2.29. The van der Waals surface area contributed by atoms with Crippen LogP contribution in [0.25, 0.3) is 0 Å². The maximum Gasteiger partial charge on any atom is 0.224 e. The Labute approximate surface area is 130 Å². The van der Waals surface area contributed by atoms with E-state index in [0.29, 0.717) is 6.42 Å². The standard InChI is InChI=1S/C17H22N2OS/c1-11-9-15(13(3)21-11)12(2)19-16-8-6-5-7-14(16)10-17(20)18-4/h5-9,12,19H,10H2,1-4H3,(H,18,20). The van der Waals surface area contributed by atoms with Gasteiger partial charge in [-0.2, -0.15) is 0 Å². The fraction of sp³-hybridized carbons (Fsp3) is 0.353. The summed E-state index contributed by atoms with van der Waals surface area (Å²) >= 11 is 1.82. The van der Waals surface area contributed by atoms with Crippen LogP contribution in [0.5, 0.6) is 0 Å². The van der Waals surface area contributed by atoms with Crippen LogP contribution < -0.4 is 10.6 Å². The monoisotopic (exact) mass is 302 g/mol. The molecule has 0 aliphatic carbocycles. The van der Waals surface area contributed by atoms with Crippen molar-refractivity contribution in [1.82, 2.24) is 5.32 Å². The van der Waals surface area contributed by atoms with Crippen molar-refractivity contribution in [3.63, 3.8) is 0 Å². The summed E-state index contributed by atoms with van der Waals surface area (Å²) in [6.07, 6.45) is 0.397. The summed E-state index contributed by atoms with van der Waals surface area (Å²) in [5.74, 6) is 0.0273. The van der Waals surface area contributed by atoms with E-state index >= 15 is 0 Å². The van der Waals surface area contributed by atoms with E-state index in [1.54, 1.807) is 7.05 Å². The SMILES string of the molecule is CNC(=O)Cc1ccccc1NC(C)c1cc(C)sc1C. The van der Waals surface area contributed by atoms with Gasteiger partial charge in [0.15, 0.2) is 0 Å². The van der Waals surface area contributed by atoms with Crippen LogP contribution in [0.15, 0.2) is 30.3 Å². The number of benzene rings is 1. The third-order valence-corrected chi connectivity index (χ3v) is 4.55. The van der Waals surface area contributed by atoms with Crippen molar-refractivity contribution in [3.05, 3.63) is 51.2 Å². The molecular formula is C17H22N2OS. The van der Waals surface area contributed by atoms with Crippen molar-refractivity contribution in [3.8, 4) is 0 Å². The summed E-state index contributed by atoms with van der Waals surface area (Å²) in [5.41, 5.74) is 3.37. The third kappa shape index (κ3) is 3.85. The summed E-state index contributed by atoms with van der Waals surface area (Å²) < 4.78 is 0. The zero-order valence-corrected chi connectivity index (χ0v) is 13.8. The molecule has 0 saturated carbocycles. The van der Waals surface area contributed by atoms with E-state index in [1.165, 1.54) is 15.3 Å². The van der Waals surface area contributed by atoms with Gasteiger partial charge in [-0.25, -0.2) is 0 Å². The average Bonchev–Trinajstić information content (AvgIpc) is 2.79.